The van der Waals surface area contributed by atoms with Crippen molar-refractivity contribution in [1.29, 1.82) is 0 Å². The van der Waals surface area contributed by atoms with Gasteiger partial charge in [0.05, 0.1) is 0 Å². The van der Waals surface area contributed by atoms with E-state index in [1.807, 2.05) is 41.1 Å². The number of para-hydroxylation sites is 1. The number of hydrogen-bond donors (Lipinski definition) is 4. The van der Waals surface area contributed by atoms with Crippen molar-refractivity contribution in [3.8, 4) is 0 Å². The predicted octanol–water partition coefficient (Wildman–Crippen LogP) is 1.61. The Morgan fingerprint density at radius 1 is 1.09 bits per heavy atom. The number of carboxylic acid groups (broad SMARTS) is 1. The fourth-order valence-corrected chi connectivity index (χ4v) is 4.29. The summed E-state index contributed by atoms with van der Waals surface area (Å²) in [7, 11) is -1.59. The number of carboxylic acids is 1. The number of benzene rings is 2. The quantitative estimate of drug-likeness (QED) is 0.246. The van der Waals surface area contributed by atoms with Crippen molar-refractivity contribution in [2.75, 3.05) is 29.7 Å². The maximum atomic E-state index is 11.3. The van der Waals surface area contributed by atoms with Crippen molar-refractivity contribution < 1.29 is 19.9 Å². The molecule has 0 fully saturated rings. The first-order valence-corrected chi connectivity index (χ1v) is 11.3. The van der Waals surface area contributed by atoms with E-state index in [1.165, 1.54) is 0 Å². The Bertz CT molecular complexity index is 1070. The van der Waals surface area contributed by atoms with Crippen LogP contribution in [0.3, 0.4) is 0 Å². The van der Waals surface area contributed by atoms with Gasteiger partial charge in [-0.15, -0.1) is 23.2 Å². The van der Waals surface area contributed by atoms with Crippen molar-refractivity contribution in [3.05, 3.63) is 59.8 Å². The number of nitrogens with two attached hydrogens (primary N) is 1. The molecular weight excluding hydrogens is 452 g/mol. The molecule has 5 N–H and O–H groups in total. The molecule has 3 rings (SSSR count). The van der Waals surface area contributed by atoms with E-state index in [0.717, 1.165) is 27.7 Å². The molecule has 0 radical (unpaired) electrons. The molecular formula is C22H26BCl2N3O4. The van der Waals surface area contributed by atoms with Gasteiger partial charge < -0.3 is 30.4 Å². The monoisotopic (exact) mass is 477 g/mol. The molecule has 2 aromatic carbocycles. The molecule has 1 heterocycles. The van der Waals surface area contributed by atoms with Crippen LogP contribution in [0.15, 0.2) is 48.7 Å². The number of rotatable bonds is 11. The van der Waals surface area contributed by atoms with Gasteiger partial charge in [0, 0.05) is 60.6 Å². The van der Waals surface area contributed by atoms with E-state index in [9.17, 15) is 19.9 Å². The van der Waals surface area contributed by atoms with Crippen LogP contribution in [0.1, 0.15) is 11.1 Å². The minimum Gasteiger partial charge on any atom is -0.480 e. The summed E-state index contributed by atoms with van der Waals surface area (Å²) in [5, 5.41) is 29.6. The summed E-state index contributed by atoms with van der Waals surface area (Å²) < 4.78 is 2.02. The maximum Gasteiger partial charge on any atom is 0.488 e. The molecule has 0 saturated heterocycles. The van der Waals surface area contributed by atoms with Crippen LogP contribution >= 0.6 is 23.2 Å². The predicted molar refractivity (Wildman–Crippen MR) is 130 cm³/mol. The summed E-state index contributed by atoms with van der Waals surface area (Å²) in [4.78, 5) is 13.3. The Morgan fingerprint density at radius 3 is 2.41 bits per heavy atom. The first kappa shape index (κ1) is 24.4. The second kappa shape index (κ2) is 11.1. The second-order valence-electron chi connectivity index (χ2n) is 7.58. The van der Waals surface area contributed by atoms with Crippen molar-refractivity contribution >= 4 is 58.3 Å². The number of carbonyl (C=O) groups is 1. The largest absolute Gasteiger partial charge is 0.488 e. The number of hydrogen-bond acceptors (Lipinski definition) is 5. The molecule has 0 aliphatic heterocycles. The second-order valence-corrected chi connectivity index (χ2v) is 8.33. The van der Waals surface area contributed by atoms with Gasteiger partial charge in [0.2, 0.25) is 0 Å². The average Bonchev–Trinajstić information content (AvgIpc) is 3.10. The van der Waals surface area contributed by atoms with Crippen molar-refractivity contribution in [2.45, 2.75) is 19.0 Å². The van der Waals surface area contributed by atoms with Crippen LogP contribution in [0, 0.1) is 0 Å². The normalized spacial score (nSPS) is 12.2. The van der Waals surface area contributed by atoms with Gasteiger partial charge in [-0.3, -0.25) is 4.79 Å². The van der Waals surface area contributed by atoms with Crippen LogP contribution in [0.2, 0.25) is 0 Å². The number of halogens is 2. The van der Waals surface area contributed by atoms with E-state index in [-0.39, 0.29) is 6.42 Å². The molecule has 0 aliphatic rings. The lowest BCUT2D eigenvalue weighted by Crippen LogP contribution is -2.33. The van der Waals surface area contributed by atoms with E-state index in [0.29, 0.717) is 36.9 Å². The smallest absolute Gasteiger partial charge is 0.480 e. The molecule has 32 heavy (non-hydrogen) atoms. The Balaban J connectivity index is 2.07. The van der Waals surface area contributed by atoms with Crippen LogP contribution in [-0.4, -0.2) is 63.7 Å². The standard InChI is InChI=1S/C22H26BCl2N3O4/c24-7-9-27(10-8-25)20-6-5-17(23(31)32)11-16(20)14-28-13-15(12-19(26)22(29)30)18-3-1-2-4-21(18)28/h1-6,11,13,19,31-32H,7-10,12,14,26H2,(H,29,30)/t19-/m1/s1. The molecule has 0 unspecified atom stereocenters. The van der Waals surface area contributed by atoms with Crippen molar-refractivity contribution in [1.82, 2.24) is 4.57 Å². The minimum absolute atomic E-state index is 0.204. The van der Waals surface area contributed by atoms with Gasteiger partial charge in [0.15, 0.2) is 0 Å². The van der Waals surface area contributed by atoms with Gasteiger partial charge in [-0.1, -0.05) is 30.3 Å². The first-order valence-electron chi connectivity index (χ1n) is 10.3. The van der Waals surface area contributed by atoms with Gasteiger partial charge in [0.1, 0.15) is 6.04 Å². The van der Waals surface area contributed by atoms with Gasteiger partial charge in [-0.25, -0.2) is 0 Å². The van der Waals surface area contributed by atoms with Crippen LogP contribution in [0.5, 0.6) is 0 Å². The Labute approximate surface area is 197 Å². The number of anilines is 1. The third-order valence-corrected chi connectivity index (χ3v) is 5.76. The Morgan fingerprint density at radius 2 is 1.78 bits per heavy atom. The fourth-order valence-electron chi connectivity index (χ4n) is 3.88. The fraction of sp³-hybridized carbons (Fsp3) is 0.318. The van der Waals surface area contributed by atoms with E-state index < -0.39 is 19.1 Å². The van der Waals surface area contributed by atoms with Gasteiger partial charge in [-0.05, 0) is 28.7 Å². The molecule has 0 saturated carbocycles. The molecule has 1 atom stereocenters. The molecule has 0 aliphatic carbocycles. The van der Waals surface area contributed by atoms with Crippen LogP contribution in [0.25, 0.3) is 10.9 Å². The van der Waals surface area contributed by atoms with Crippen molar-refractivity contribution in [2.24, 2.45) is 5.73 Å². The number of aromatic nitrogens is 1. The number of aliphatic carboxylic acids is 1. The lowest BCUT2D eigenvalue weighted by Gasteiger charge is -2.26. The summed E-state index contributed by atoms with van der Waals surface area (Å²) in [5.41, 5.74) is 9.70. The summed E-state index contributed by atoms with van der Waals surface area (Å²) in [6.07, 6.45) is 2.11. The molecule has 3 aromatic rings. The van der Waals surface area contributed by atoms with Gasteiger partial charge in [-0.2, -0.15) is 0 Å². The topological polar surface area (TPSA) is 112 Å². The van der Waals surface area contributed by atoms with Gasteiger partial charge in [0.25, 0.3) is 0 Å². The maximum absolute atomic E-state index is 11.3. The van der Waals surface area contributed by atoms with E-state index in [1.54, 1.807) is 12.1 Å². The van der Waals surface area contributed by atoms with Gasteiger partial charge >= 0.3 is 13.1 Å². The van der Waals surface area contributed by atoms with E-state index >= 15 is 0 Å². The van der Waals surface area contributed by atoms with Crippen LogP contribution < -0.4 is 16.1 Å². The lowest BCUT2D eigenvalue weighted by molar-refractivity contribution is -0.138. The lowest BCUT2D eigenvalue weighted by atomic mass is 9.79. The van der Waals surface area contributed by atoms with Crippen LogP contribution in [0.4, 0.5) is 5.69 Å². The number of nitrogens with zero attached hydrogens (tertiary/aromatic N) is 2. The number of alkyl halides is 2. The molecule has 170 valence electrons. The summed E-state index contributed by atoms with van der Waals surface area (Å²) in [6.45, 7) is 1.61. The SMILES string of the molecule is N[C@H](Cc1cn(Cc2cc(B(O)O)ccc2N(CCCl)CCCl)c2ccccc12)C(=O)O. The van der Waals surface area contributed by atoms with Crippen LogP contribution in [-0.2, 0) is 17.8 Å². The average molecular weight is 478 g/mol. The molecule has 0 spiro atoms. The zero-order chi connectivity index (χ0) is 23.3. The van der Waals surface area contributed by atoms with E-state index in [2.05, 4.69) is 4.90 Å². The molecule has 10 heteroatoms. The Hall–Kier alpha value is -2.23. The summed E-state index contributed by atoms with van der Waals surface area (Å²) >= 11 is 12.0. The molecule has 0 bridgehead atoms. The number of fused-ring (bicyclic) bond motifs is 1. The highest BCUT2D eigenvalue weighted by Crippen LogP contribution is 2.27. The zero-order valence-electron chi connectivity index (χ0n) is 17.5. The first-order chi connectivity index (χ1) is 15.3. The summed E-state index contributed by atoms with van der Waals surface area (Å²) in [5.74, 6) is -0.207. The summed E-state index contributed by atoms with van der Waals surface area (Å²) in [6, 6.07) is 12.0. The minimum atomic E-state index is -1.59. The van der Waals surface area contributed by atoms with Crippen molar-refractivity contribution in [3.63, 3.8) is 0 Å². The third kappa shape index (κ3) is 5.57. The highest BCUT2D eigenvalue weighted by molar-refractivity contribution is 6.58. The van der Waals surface area contributed by atoms with E-state index in [4.69, 9.17) is 28.9 Å². The molecule has 7 nitrogen and oxygen atoms in total. The third-order valence-electron chi connectivity index (χ3n) is 5.42. The highest BCUT2D eigenvalue weighted by atomic mass is 35.5. The molecule has 0 amide bonds. The highest BCUT2D eigenvalue weighted by Gasteiger charge is 2.20. The zero-order valence-corrected chi connectivity index (χ0v) is 19.0. The Kier molecular flexibility index (Phi) is 8.45. The molecule has 1 aromatic heterocycles.